The number of benzene rings is 1. The number of aryl methyl sites for hydroxylation is 1. The first kappa shape index (κ1) is 17.8. The second-order valence-electron chi connectivity index (χ2n) is 7.56. The number of fused-ring (bicyclic) bond motifs is 1. The number of rotatable bonds is 5. The molecule has 0 unspecified atom stereocenters. The van der Waals surface area contributed by atoms with Crippen LogP contribution < -0.4 is 0 Å². The van der Waals surface area contributed by atoms with Crippen LogP contribution in [0, 0.1) is 11.8 Å². The van der Waals surface area contributed by atoms with Crippen molar-refractivity contribution in [2.45, 2.75) is 32.1 Å². The van der Waals surface area contributed by atoms with E-state index in [1.54, 1.807) is 4.68 Å². The maximum atomic E-state index is 12.6. The summed E-state index contributed by atoms with van der Waals surface area (Å²) in [4.78, 5) is 12.6. The number of hydrogen-bond acceptors (Lipinski definition) is 5. The molecular weight excluding hydrogens is 340 g/mol. The Kier molecular flexibility index (Phi) is 4.99. The maximum absolute atomic E-state index is 12.6. The Hall–Kier alpha value is -2.60. The summed E-state index contributed by atoms with van der Waals surface area (Å²) in [6.07, 6.45) is 7.75. The van der Waals surface area contributed by atoms with Crippen LogP contribution in [-0.4, -0.2) is 37.5 Å². The molecule has 0 radical (unpaired) electrons. The van der Waals surface area contributed by atoms with Crippen molar-refractivity contribution in [1.29, 1.82) is 0 Å². The second-order valence-corrected chi connectivity index (χ2v) is 7.56. The Labute approximate surface area is 158 Å². The number of hydrogen-bond donors (Lipinski definition) is 1. The van der Waals surface area contributed by atoms with Gasteiger partial charge in [0.1, 0.15) is 5.78 Å². The number of Topliss-reactive ketones (excluding diaryl/α,β-unsaturated/α-hetero) is 1. The van der Waals surface area contributed by atoms with Crippen molar-refractivity contribution in [3.63, 3.8) is 0 Å². The summed E-state index contributed by atoms with van der Waals surface area (Å²) >= 11 is 0. The van der Waals surface area contributed by atoms with Crippen LogP contribution in [0.25, 0.3) is 22.0 Å². The van der Waals surface area contributed by atoms with E-state index >= 15 is 0 Å². The molecule has 0 atom stereocenters. The van der Waals surface area contributed by atoms with Crippen LogP contribution >= 0.6 is 0 Å². The fourth-order valence-corrected chi connectivity index (χ4v) is 3.91. The molecule has 1 fully saturated rings. The number of nitrogens with zero attached hydrogens (tertiary/aromatic N) is 4. The average Bonchev–Trinajstić information content (AvgIpc) is 3.14. The van der Waals surface area contributed by atoms with Gasteiger partial charge in [0.15, 0.2) is 0 Å². The summed E-state index contributed by atoms with van der Waals surface area (Å²) in [6.45, 7) is 0.232. The van der Waals surface area contributed by atoms with E-state index in [2.05, 4.69) is 21.4 Å². The Bertz CT molecular complexity index is 958. The molecule has 27 heavy (non-hydrogen) atoms. The highest BCUT2D eigenvalue weighted by molar-refractivity contribution is 5.86. The van der Waals surface area contributed by atoms with Crippen molar-refractivity contribution < 1.29 is 9.90 Å². The molecule has 1 aromatic carbocycles. The van der Waals surface area contributed by atoms with Crippen LogP contribution in [0.1, 0.15) is 31.4 Å². The number of aromatic nitrogens is 4. The Morgan fingerprint density at radius 3 is 2.67 bits per heavy atom. The molecule has 0 spiro atoms. The molecule has 4 rings (SSSR count). The van der Waals surface area contributed by atoms with E-state index in [9.17, 15) is 9.90 Å². The zero-order valence-electron chi connectivity index (χ0n) is 15.5. The largest absolute Gasteiger partial charge is 0.396 e. The highest BCUT2D eigenvalue weighted by Gasteiger charge is 2.26. The van der Waals surface area contributed by atoms with Crippen LogP contribution in [0.15, 0.2) is 36.7 Å². The number of carbonyl (C=O) groups is 1. The summed E-state index contributed by atoms with van der Waals surface area (Å²) in [5.41, 5.74) is 3.67. The molecule has 1 N–H and O–H groups in total. The van der Waals surface area contributed by atoms with E-state index in [-0.39, 0.29) is 18.3 Å². The lowest BCUT2D eigenvalue weighted by molar-refractivity contribution is -0.123. The van der Waals surface area contributed by atoms with Crippen LogP contribution in [-0.2, 0) is 18.3 Å². The quantitative estimate of drug-likeness (QED) is 0.753. The van der Waals surface area contributed by atoms with Crippen LogP contribution in [0.3, 0.4) is 0 Å². The first-order valence-electron chi connectivity index (χ1n) is 9.51. The predicted molar refractivity (Wildman–Crippen MR) is 103 cm³/mol. The number of ketones is 1. The van der Waals surface area contributed by atoms with Crippen LogP contribution in [0.5, 0.6) is 0 Å². The minimum atomic E-state index is 0.0898. The van der Waals surface area contributed by atoms with E-state index in [1.165, 1.54) is 0 Å². The third kappa shape index (κ3) is 3.90. The fraction of sp³-hybridized carbons (Fsp3) is 0.429. The summed E-state index contributed by atoms with van der Waals surface area (Å²) in [6, 6.07) is 8.01. The molecule has 1 aliphatic carbocycles. The van der Waals surface area contributed by atoms with Gasteiger partial charge in [-0.3, -0.25) is 9.48 Å². The van der Waals surface area contributed by atoms with Crippen LogP contribution in [0.4, 0.5) is 0 Å². The molecule has 2 aromatic heterocycles. The molecule has 3 aromatic rings. The monoisotopic (exact) mass is 364 g/mol. The fourth-order valence-electron chi connectivity index (χ4n) is 3.91. The lowest BCUT2D eigenvalue weighted by Gasteiger charge is -2.26. The average molecular weight is 364 g/mol. The highest BCUT2D eigenvalue weighted by Crippen LogP contribution is 2.30. The van der Waals surface area contributed by atoms with Gasteiger partial charge in [0.05, 0.1) is 23.8 Å². The maximum Gasteiger partial charge on any atom is 0.141 e. The molecule has 6 heteroatoms. The van der Waals surface area contributed by atoms with E-state index in [0.29, 0.717) is 12.3 Å². The van der Waals surface area contributed by atoms with Crippen molar-refractivity contribution in [3.8, 4) is 11.1 Å². The minimum Gasteiger partial charge on any atom is -0.396 e. The third-order valence-electron chi connectivity index (χ3n) is 5.59. The normalized spacial score (nSPS) is 20.1. The third-order valence-corrected chi connectivity index (χ3v) is 5.59. The van der Waals surface area contributed by atoms with Crippen molar-refractivity contribution in [2.75, 3.05) is 6.61 Å². The molecule has 0 bridgehead atoms. The van der Waals surface area contributed by atoms with E-state index < -0.39 is 0 Å². The Morgan fingerprint density at radius 1 is 1.15 bits per heavy atom. The first-order valence-corrected chi connectivity index (χ1v) is 9.51. The van der Waals surface area contributed by atoms with Gasteiger partial charge in [0.2, 0.25) is 0 Å². The van der Waals surface area contributed by atoms with Crippen molar-refractivity contribution >= 4 is 16.7 Å². The SMILES string of the molecule is Cn1cc(-c2ccc3nnc(CC(=O)C4CCC(CO)CC4)cc3c2)cn1. The molecule has 1 saturated carbocycles. The predicted octanol–water partition coefficient (Wildman–Crippen LogP) is 2.94. The van der Waals surface area contributed by atoms with E-state index in [4.69, 9.17) is 0 Å². The smallest absolute Gasteiger partial charge is 0.141 e. The van der Waals surface area contributed by atoms with Gasteiger partial charge in [0, 0.05) is 36.7 Å². The van der Waals surface area contributed by atoms with E-state index in [0.717, 1.165) is 53.4 Å². The zero-order valence-corrected chi connectivity index (χ0v) is 15.5. The Balaban J connectivity index is 1.51. The minimum absolute atomic E-state index is 0.0898. The van der Waals surface area contributed by atoms with Gasteiger partial charge in [-0.15, -0.1) is 0 Å². The van der Waals surface area contributed by atoms with Gasteiger partial charge in [-0.05, 0) is 55.4 Å². The van der Waals surface area contributed by atoms with Gasteiger partial charge in [0.25, 0.3) is 0 Å². The molecule has 6 nitrogen and oxygen atoms in total. The molecule has 140 valence electrons. The molecular formula is C21H24N4O2. The van der Waals surface area contributed by atoms with Gasteiger partial charge in [-0.1, -0.05) is 6.07 Å². The lowest BCUT2D eigenvalue weighted by atomic mass is 9.79. The van der Waals surface area contributed by atoms with Crippen molar-refractivity contribution in [3.05, 3.63) is 42.4 Å². The van der Waals surface area contributed by atoms with Gasteiger partial charge in [-0.2, -0.15) is 15.3 Å². The van der Waals surface area contributed by atoms with Crippen LogP contribution in [0.2, 0.25) is 0 Å². The zero-order chi connectivity index (χ0) is 18.8. The second kappa shape index (κ2) is 7.56. The summed E-state index contributed by atoms with van der Waals surface area (Å²) in [7, 11) is 1.90. The van der Waals surface area contributed by atoms with Gasteiger partial charge < -0.3 is 5.11 Å². The number of aliphatic hydroxyl groups is 1. The van der Waals surface area contributed by atoms with Gasteiger partial charge in [-0.25, -0.2) is 0 Å². The molecule has 0 amide bonds. The standard InChI is InChI=1S/C21H24N4O2/c1-25-12-18(11-22-25)16-6-7-20-17(8-16)9-19(23-24-20)10-21(27)15-4-2-14(13-26)3-5-15/h6-9,11-12,14-15,26H,2-5,10,13H2,1H3. The number of carbonyl (C=O) groups excluding carboxylic acids is 1. The Morgan fingerprint density at radius 2 is 1.96 bits per heavy atom. The van der Waals surface area contributed by atoms with Gasteiger partial charge >= 0.3 is 0 Å². The first-order chi connectivity index (χ1) is 13.1. The van der Waals surface area contributed by atoms with Crippen molar-refractivity contribution in [1.82, 2.24) is 20.0 Å². The topological polar surface area (TPSA) is 80.9 Å². The molecule has 0 saturated heterocycles. The van der Waals surface area contributed by atoms with E-state index in [1.807, 2.05) is 37.6 Å². The number of aliphatic hydroxyl groups excluding tert-OH is 1. The summed E-state index contributed by atoms with van der Waals surface area (Å²) < 4.78 is 1.78. The van der Waals surface area contributed by atoms with Crippen molar-refractivity contribution in [2.24, 2.45) is 18.9 Å². The summed E-state index contributed by atoms with van der Waals surface area (Å²) in [5, 5.41) is 23.0. The molecule has 0 aliphatic heterocycles. The molecule has 1 aliphatic rings. The molecule has 2 heterocycles. The summed E-state index contributed by atoms with van der Waals surface area (Å²) in [5.74, 6) is 0.691. The lowest BCUT2D eigenvalue weighted by Crippen LogP contribution is -2.24. The highest BCUT2D eigenvalue weighted by atomic mass is 16.3.